The second-order valence-corrected chi connectivity index (χ2v) is 5.50. The van der Waals surface area contributed by atoms with Gasteiger partial charge in [-0.15, -0.1) is 0 Å². The number of nitrogens with two attached hydrogens (primary N) is 1. The Hall–Kier alpha value is -2.14. The topological polar surface area (TPSA) is 69.1 Å². The van der Waals surface area contributed by atoms with Crippen LogP contribution in [-0.2, 0) is 0 Å². The number of hydrogen-bond donors (Lipinski definition) is 1. The number of aromatic nitrogens is 1. The van der Waals surface area contributed by atoms with Crippen LogP contribution in [0, 0.1) is 6.92 Å². The first-order valence-corrected chi connectivity index (χ1v) is 7.11. The van der Waals surface area contributed by atoms with Crippen molar-refractivity contribution in [3.63, 3.8) is 0 Å². The van der Waals surface area contributed by atoms with Crippen LogP contribution in [0.4, 0.5) is 10.6 Å². The van der Waals surface area contributed by atoms with Crippen LogP contribution in [0.1, 0.15) is 25.8 Å². The zero-order valence-electron chi connectivity index (χ0n) is 13.0. The molecule has 2 aromatic rings. The highest BCUT2D eigenvalue weighted by atomic mass is 16.5. The maximum atomic E-state index is 12.0. The Labute approximate surface area is 124 Å². The summed E-state index contributed by atoms with van der Waals surface area (Å²) in [4.78, 5) is 12.0. The average Bonchev–Trinajstić information content (AvgIpc) is 2.88. The van der Waals surface area contributed by atoms with Crippen LogP contribution in [-0.4, -0.2) is 24.3 Å². The summed E-state index contributed by atoms with van der Waals surface area (Å²) in [6, 6.07) is 9.32. The van der Waals surface area contributed by atoms with Crippen molar-refractivity contribution >= 4 is 11.8 Å². The van der Waals surface area contributed by atoms with E-state index < -0.39 is 6.03 Å². The predicted octanol–water partition coefficient (Wildman–Crippen LogP) is 3.46. The van der Waals surface area contributed by atoms with Crippen molar-refractivity contribution in [3.8, 4) is 11.3 Å². The van der Waals surface area contributed by atoms with E-state index in [0.717, 1.165) is 17.5 Å². The van der Waals surface area contributed by atoms with Crippen LogP contribution in [0.25, 0.3) is 11.3 Å². The summed E-state index contributed by atoms with van der Waals surface area (Å²) < 4.78 is 5.44. The number of urea groups is 1. The highest BCUT2D eigenvalue weighted by Crippen LogP contribution is 2.35. The van der Waals surface area contributed by atoms with Crippen molar-refractivity contribution in [3.05, 3.63) is 35.9 Å². The molecule has 1 heterocycles. The molecule has 1 aromatic carbocycles. The number of quaternary nitrogens is 1. The van der Waals surface area contributed by atoms with E-state index in [9.17, 15) is 4.79 Å². The summed E-state index contributed by atoms with van der Waals surface area (Å²) in [5.74, 6) is 1.26. The number of rotatable bonds is 4. The van der Waals surface area contributed by atoms with Crippen molar-refractivity contribution < 1.29 is 9.32 Å². The van der Waals surface area contributed by atoms with Gasteiger partial charge in [-0.05, 0) is 25.4 Å². The van der Waals surface area contributed by atoms with Gasteiger partial charge in [0.25, 0.3) is 5.82 Å². The standard InChI is InChI=1S/C16H21N3O2/c1-5-11(2)19(4,16(17)20)15-12(3)14(21-18-15)13-9-7-6-8-10-13/h6-11H,5H2,1-4H3,(H-,17,20)/p+1. The highest BCUT2D eigenvalue weighted by molar-refractivity contribution is 5.86. The molecule has 0 aliphatic rings. The summed E-state index contributed by atoms with van der Waals surface area (Å²) in [5, 5.41) is 4.15. The first kappa shape index (κ1) is 15.3. The molecule has 2 unspecified atom stereocenters. The van der Waals surface area contributed by atoms with Crippen LogP contribution in [0.5, 0.6) is 0 Å². The molecule has 0 aliphatic carbocycles. The zero-order chi connectivity index (χ0) is 15.6. The lowest BCUT2D eigenvalue weighted by Crippen LogP contribution is -2.59. The Bertz CT molecular complexity index is 636. The van der Waals surface area contributed by atoms with Gasteiger partial charge in [0.1, 0.15) is 6.04 Å². The van der Waals surface area contributed by atoms with Crippen LogP contribution in [0.2, 0.25) is 0 Å². The third kappa shape index (κ3) is 2.45. The van der Waals surface area contributed by atoms with Crippen molar-refractivity contribution in [1.29, 1.82) is 0 Å². The summed E-state index contributed by atoms with van der Waals surface area (Å²) in [6.45, 7) is 5.93. The van der Waals surface area contributed by atoms with E-state index in [4.69, 9.17) is 10.3 Å². The maximum Gasteiger partial charge on any atom is 0.420 e. The van der Waals surface area contributed by atoms with Crippen LogP contribution >= 0.6 is 0 Å². The molecule has 112 valence electrons. The lowest BCUT2D eigenvalue weighted by molar-refractivity contribution is 0.198. The third-order valence-electron chi connectivity index (χ3n) is 4.31. The van der Waals surface area contributed by atoms with Gasteiger partial charge in [0.05, 0.1) is 12.6 Å². The fourth-order valence-corrected chi connectivity index (χ4v) is 2.51. The molecule has 1 aromatic heterocycles. The monoisotopic (exact) mass is 288 g/mol. The highest BCUT2D eigenvalue weighted by Gasteiger charge is 2.42. The molecule has 0 fully saturated rings. The molecule has 0 saturated carbocycles. The van der Waals surface area contributed by atoms with E-state index >= 15 is 0 Å². The van der Waals surface area contributed by atoms with Gasteiger partial charge in [0.15, 0.2) is 5.76 Å². The first-order chi connectivity index (χ1) is 9.92. The normalized spacial score (nSPS) is 15.4. The number of nitrogens with zero attached hydrogens (tertiary/aromatic N) is 2. The first-order valence-electron chi connectivity index (χ1n) is 7.11. The largest absolute Gasteiger partial charge is 0.420 e. The Balaban J connectivity index is 2.55. The Morgan fingerprint density at radius 2 is 2.00 bits per heavy atom. The fraction of sp³-hybridized carbons (Fsp3) is 0.375. The lowest BCUT2D eigenvalue weighted by atomic mass is 10.1. The quantitative estimate of drug-likeness (QED) is 0.876. The van der Waals surface area contributed by atoms with Crippen LogP contribution in [0.3, 0.4) is 0 Å². The molecule has 21 heavy (non-hydrogen) atoms. The van der Waals surface area contributed by atoms with E-state index in [1.54, 1.807) is 7.05 Å². The second-order valence-electron chi connectivity index (χ2n) is 5.50. The maximum absolute atomic E-state index is 12.0. The fourth-order valence-electron chi connectivity index (χ4n) is 2.51. The number of carbonyl (C=O) groups excluding carboxylic acids is 1. The second kappa shape index (κ2) is 5.69. The van der Waals surface area contributed by atoms with Crippen molar-refractivity contribution in [1.82, 2.24) is 9.64 Å². The van der Waals surface area contributed by atoms with E-state index in [1.165, 1.54) is 0 Å². The molecular formula is C16H22N3O2+. The van der Waals surface area contributed by atoms with Gasteiger partial charge >= 0.3 is 6.03 Å². The molecule has 2 rings (SSSR count). The minimum Gasteiger partial charge on any atom is -0.350 e. The summed E-state index contributed by atoms with van der Waals surface area (Å²) in [5.41, 5.74) is 7.44. The van der Waals surface area contributed by atoms with Gasteiger partial charge in [0.2, 0.25) is 0 Å². The van der Waals surface area contributed by atoms with Gasteiger partial charge in [-0.2, -0.15) is 4.48 Å². The molecule has 5 heteroatoms. The van der Waals surface area contributed by atoms with E-state index in [1.807, 2.05) is 51.1 Å². The molecule has 2 atom stereocenters. The third-order valence-corrected chi connectivity index (χ3v) is 4.31. The molecule has 0 radical (unpaired) electrons. The Morgan fingerprint density at radius 1 is 1.38 bits per heavy atom. The molecule has 0 bridgehead atoms. The van der Waals surface area contributed by atoms with Crippen LogP contribution in [0.15, 0.2) is 34.9 Å². The number of benzene rings is 1. The summed E-state index contributed by atoms with van der Waals surface area (Å²) >= 11 is 0. The Kier molecular flexibility index (Phi) is 4.14. The van der Waals surface area contributed by atoms with E-state index in [-0.39, 0.29) is 10.5 Å². The van der Waals surface area contributed by atoms with E-state index in [2.05, 4.69) is 5.16 Å². The molecular weight excluding hydrogens is 266 g/mol. The lowest BCUT2D eigenvalue weighted by Gasteiger charge is -2.32. The smallest absolute Gasteiger partial charge is 0.350 e. The minimum absolute atomic E-state index is 0.0231. The minimum atomic E-state index is -0.430. The number of amides is 2. The summed E-state index contributed by atoms with van der Waals surface area (Å²) in [7, 11) is 1.79. The molecule has 0 saturated heterocycles. The van der Waals surface area contributed by atoms with Crippen molar-refractivity contribution in [2.45, 2.75) is 33.2 Å². The molecule has 2 amide bonds. The molecule has 2 N–H and O–H groups in total. The molecule has 0 aliphatic heterocycles. The molecule has 5 nitrogen and oxygen atoms in total. The Morgan fingerprint density at radius 3 is 2.52 bits per heavy atom. The van der Waals surface area contributed by atoms with Crippen molar-refractivity contribution in [2.75, 3.05) is 7.05 Å². The predicted molar refractivity (Wildman–Crippen MR) is 83.7 cm³/mol. The van der Waals surface area contributed by atoms with Gasteiger partial charge < -0.3 is 10.3 Å². The average molecular weight is 288 g/mol. The van der Waals surface area contributed by atoms with Gasteiger partial charge in [-0.3, -0.25) is 0 Å². The number of carbonyl (C=O) groups is 1. The SMILES string of the molecule is CCC(C)[N+](C)(C(N)=O)c1noc(-c2ccccc2)c1C. The van der Waals surface area contributed by atoms with Gasteiger partial charge in [-0.25, -0.2) is 4.79 Å². The van der Waals surface area contributed by atoms with Crippen molar-refractivity contribution in [2.24, 2.45) is 5.73 Å². The number of hydrogen-bond acceptors (Lipinski definition) is 3. The summed E-state index contributed by atoms with van der Waals surface area (Å²) in [6.07, 6.45) is 0.812. The van der Waals surface area contributed by atoms with Crippen LogP contribution < -0.4 is 10.2 Å². The van der Waals surface area contributed by atoms with Gasteiger partial charge in [0, 0.05) is 5.56 Å². The van der Waals surface area contributed by atoms with E-state index in [0.29, 0.717) is 11.6 Å². The zero-order valence-corrected chi connectivity index (χ0v) is 13.0. The molecule has 0 spiro atoms. The van der Waals surface area contributed by atoms with Gasteiger partial charge in [-0.1, -0.05) is 37.3 Å². The number of primary amides is 1.